The summed E-state index contributed by atoms with van der Waals surface area (Å²) in [6.07, 6.45) is 4.21. The van der Waals surface area contributed by atoms with Crippen molar-refractivity contribution in [2.45, 2.75) is 18.6 Å². The van der Waals surface area contributed by atoms with E-state index >= 15 is 0 Å². The summed E-state index contributed by atoms with van der Waals surface area (Å²) >= 11 is 0. The lowest BCUT2D eigenvalue weighted by atomic mass is 9.77. The molecule has 0 bridgehead atoms. The predicted octanol–water partition coefficient (Wildman–Crippen LogP) is 0.122. The van der Waals surface area contributed by atoms with Crippen molar-refractivity contribution in [1.29, 1.82) is 0 Å². The fourth-order valence-corrected chi connectivity index (χ4v) is 3.25. The highest BCUT2D eigenvalue weighted by Crippen LogP contribution is 2.47. The molecule has 3 aliphatic rings. The number of hydrogen-bond acceptors (Lipinski definition) is 5. The molecule has 1 fully saturated rings. The third kappa shape index (κ3) is 1.79. The van der Waals surface area contributed by atoms with Crippen molar-refractivity contribution in [1.82, 2.24) is 0 Å². The lowest BCUT2D eigenvalue weighted by molar-refractivity contribution is -0.159. The van der Waals surface area contributed by atoms with Gasteiger partial charge in [0.05, 0.1) is 30.8 Å². The van der Waals surface area contributed by atoms with Gasteiger partial charge in [-0.2, -0.15) is 0 Å². The number of fused-ring (bicyclic) bond motifs is 2. The maximum Gasteiger partial charge on any atom is 0.337 e. The zero-order valence-corrected chi connectivity index (χ0v) is 11.0. The van der Waals surface area contributed by atoms with Crippen molar-refractivity contribution in [3.8, 4) is 0 Å². The molecule has 2 N–H and O–H groups in total. The number of allylic oxidation sites excluding steroid dienone is 1. The second-order valence-corrected chi connectivity index (χ2v) is 5.54. The Labute approximate surface area is 115 Å². The first-order valence-electron chi connectivity index (χ1n) is 6.58. The molecule has 0 aromatic rings. The molecule has 6 nitrogen and oxygen atoms in total. The Morgan fingerprint density at radius 3 is 2.85 bits per heavy atom. The van der Waals surface area contributed by atoms with E-state index in [1.165, 1.54) is 6.92 Å². The van der Waals surface area contributed by atoms with Crippen LogP contribution in [0.5, 0.6) is 0 Å². The van der Waals surface area contributed by atoms with E-state index in [0.29, 0.717) is 6.61 Å². The van der Waals surface area contributed by atoms with E-state index in [1.54, 1.807) is 18.2 Å². The van der Waals surface area contributed by atoms with Crippen LogP contribution in [0.25, 0.3) is 0 Å². The molecular formula is C14H16O6. The zero-order valence-electron chi connectivity index (χ0n) is 11.0. The lowest BCUT2D eigenvalue weighted by Crippen LogP contribution is -2.46. The van der Waals surface area contributed by atoms with Crippen molar-refractivity contribution in [3.63, 3.8) is 0 Å². The van der Waals surface area contributed by atoms with E-state index in [0.717, 1.165) is 0 Å². The van der Waals surface area contributed by atoms with Gasteiger partial charge in [-0.25, -0.2) is 4.79 Å². The first-order chi connectivity index (χ1) is 9.44. The molecule has 0 radical (unpaired) electrons. The number of carbonyl (C=O) groups excluding carboxylic acids is 1. The number of carboxylic acid groups (broad SMARTS) is 1. The van der Waals surface area contributed by atoms with Crippen molar-refractivity contribution in [2.75, 3.05) is 13.2 Å². The Balaban J connectivity index is 1.93. The summed E-state index contributed by atoms with van der Waals surface area (Å²) in [6.45, 7) is 2.00. The summed E-state index contributed by atoms with van der Waals surface area (Å²) in [7, 11) is 0. The third-order valence-corrected chi connectivity index (χ3v) is 4.34. The standard InChI is InChI=1S/C14H16O6/c1-7(15)9-4-14(20-13(9)18)3-2-8-10(12(16)17)5-19-6-11(8)14/h2-4,7-8,10-11,15H,5-6H2,1H3,(H,16,17)/t7-,8-,10-,11+,14-/m1/s1. The molecule has 0 aromatic carbocycles. The molecule has 1 spiro atoms. The summed E-state index contributed by atoms with van der Waals surface area (Å²) in [5.41, 5.74) is -0.755. The largest absolute Gasteiger partial charge is 0.481 e. The van der Waals surface area contributed by atoms with Gasteiger partial charge in [-0.15, -0.1) is 0 Å². The Morgan fingerprint density at radius 2 is 2.25 bits per heavy atom. The van der Waals surface area contributed by atoms with Gasteiger partial charge in [0.1, 0.15) is 0 Å². The summed E-state index contributed by atoms with van der Waals surface area (Å²) in [6, 6.07) is 0. The normalized spacial score (nSPS) is 40.4. The predicted molar refractivity (Wildman–Crippen MR) is 66.7 cm³/mol. The summed E-state index contributed by atoms with van der Waals surface area (Å²) in [4.78, 5) is 23.1. The fraction of sp³-hybridized carbons (Fsp3) is 0.571. The minimum atomic E-state index is -0.970. The highest BCUT2D eigenvalue weighted by molar-refractivity contribution is 5.93. The monoisotopic (exact) mass is 280 g/mol. The smallest absolute Gasteiger partial charge is 0.337 e. The molecule has 3 rings (SSSR count). The van der Waals surface area contributed by atoms with Gasteiger partial charge in [0.25, 0.3) is 0 Å². The van der Waals surface area contributed by atoms with Gasteiger partial charge in [-0.3, -0.25) is 4.79 Å². The molecule has 5 atom stereocenters. The first kappa shape index (κ1) is 13.3. The van der Waals surface area contributed by atoms with Gasteiger partial charge < -0.3 is 19.7 Å². The van der Waals surface area contributed by atoms with E-state index in [9.17, 15) is 19.8 Å². The van der Waals surface area contributed by atoms with E-state index in [-0.39, 0.29) is 24.0 Å². The molecular weight excluding hydrogens is 264 g/mol. The van der Waals surface area contributed by atoms with Crippen molar-refractivity contribution >= 4 is 11.9 Å². The number of carboxylic acids is 1. The Hall–Kier alpha value is -1.66. The van der Waals surface area contributed by atoms with Crippen LogP contribution in [-0.2, 0) is 19.1 Å². The number of ether oxygens (including phenoxy) is 2. The highest BCUT2D eigenvalue weighted by Gasteiger charge is 2.55. The van der Waals surface area contributed by atoms with Crippen molar-refractivity contribution < 1.29 is 29.3 Å². The molecule has 20 heavy (non-hydrogen) atoms. The van der Waals surface area contributed by atoms with Crippen LogP contribution in [0, 0.1) is 17.8 Å². The van der Waals surface area contributed by atoms with Crippen LogP contribution in [0.4, 0.5) is 0 Å². The van der Waals surface area contributed by atoms with Crippen LogP contribution in [0.1, 0.15) is 6.92 Å². The van der Waals surface area contributed by atoms with Crippen LogP contribution >= 0.6 is 0 Å². The van der Waals surface area contributed by atoms with Gasteiger partial charge >= 0.3 is 11.9 Å². The van der Waals surface area contributed by atoms with Crippen LogP contribution in [-0.4, -0.2) is 47.1 Å². The lowest BCUT2D eigenvalue weighted by Gasteiger charge is -2.37. The highest BCUT2D eigenvalue weighted by atomic mass is 16.6. The Morgan fingerprint density at radius 1 is 1.50 bits per heavy atom. The number of carbonyl (C=O) groups is 2. The number of aliphatic hydroxyl groups excluding tert-OH is 1. The van der Waals surface area contributed by atoms with Gasteiger partial charge in [0, 0.05) is 11.8 Å². The van der Waals surface area contributed by atoms with Gasteiger partial charge in [0.15, 0.2) is 5.60 Å². The second-order valence-electron chi connectivity index (χ2n) is 5.54. The van der Waals surface area contributed by atoms with E-state index in [1.807, 2.05) is 0 Å². The molecule has 2 heterocycles. The quantitative estimate of drug-likeness (QED) is 0.551. The summed E-state index contributed by atoms with van der Waals surface area (Å²) in [5, 5.41) is 18.8. The fourth-order valence-electron chi connectivity index (χ4n) is 3.25. The molecule has 0 aromatic heterocycles. The number of aliphatic carboxylic acids is 1. The maximum absolute atomic E-state index is 11.8. The molecule has 0 unspecified atom stereocenters. The Bertz CT molecular complexity index is 520. The third-order valence-electron chi connectivity index (χ3n) is 4.34. The van der Waals surface area contributed by atoms with Crippen molar-refractivity contribution in [3.05, 3.63) is 23.8 Å². The van der Waals surface area contributed by atoms with Gasteiger partial charge in [-0.1, -0.05) is 6.08 Å². The van der Waals surface area contributed by atoms with E-state index in [2.05, 4.69) is 0 Å². The maximum atomic E-state index is 11.8. The summed E-state index contributed by atoms with van der Waals surface area (Å²) in [5.74, 6) is -2.57. The van der Waals surface area contributed by atoms with E-state index < -0.39 is 29.6 Å². The van der Waals surface area contributed by atoms with E-state index in [4.69, 9.17) is 9.47 Å². The van der Waals surface area contributed by atoms with Gasteiger partial charge in [-0.05, 0) is 19.1 Å². The summed E-state index contributed by atoms with van der Waals surface area (Å²) < 4.78 is 10.8. The van der Waals surface area contributed by atoms with Crippen molar-refractivity contribution in [2.24, 2.45) is 17.8 Å². The first-order valence-corrected chi connectivity index (χ1v) is 6.58. The second kappa shape index (κ2) is 4.43. The molecule has 0 saturated carbocycles. The molecule has 1 aliphatic carbocycles. The zero-order chi connectivity index (χ0) is 14.5. The number of rotatable bonds is 2. The van der Waals surface area contributed by atoms with Gasteiger partial charge in [0.2, 0.25) is 0 Å². The number of hydrogen-bond donors (Lipinski definition) is 2. The molecule has 1 saturated heterocycles. The van der Waals surface area contributed by atoms with Crippen LogP contribution in [0.3, 0.4) is 0 Å². The number of aliphatic hydroxyl groups is 1. The topological polar surface area (TPSA) is 93.1 Å². The SMILES string of the molecule is C[C@@H](O)C1=C[C@@]2(C=C[C@@H]3[C@H](C(=O)O)COC[C@@H]32)OC1=O. The minimum Gasteiger partial charge on any atom is -0.481 e. The average Bonchev–Trinajstić information content (AvgIpc) is 2.92. The minimum absolute atomic E-state index is 0.165. The number of esters is 1. The van der Waals surface area contributed by atoms with Crippen LogP contribution in [0.2, 0.25) is 0 Å². The molecule has 0 amide bonds. The average molecular weight is 280 g/mol. The Kier molecular flexibility index (Phi) is 2.95. The molecule has 6 heteroatoms. The molecule has 108 valence electrons. The molecule has 2 aliphatic heterocycles. The van der Waals surface area contributed by atoms with Crippen LogP contribution in [0.15, 0.2) is 23.8 Å². The van der Waals surface area contributed by atoms with Crippen LogP contribution < -0.4 is 0 Å².